The van der Waals surface area contributed by atoms with E-state index in [9.17, 15) is 17.6 Å². The highest BCUT2D eigenvalue weighted by Gasteiger charge is 2.20. The zero-order valence-electron chi connectivity index (χ0n) is 14.0. The minimum atomic E-state index is -3.83. The average molecular weight is 363 g/mol. The Kier molecular flexibility index (Phi) is 4.26. The van der Waals surface area contributed by atoms with E-state index < -0.39 is 21.9 Å². The van der Waals surface area contributed by atoms with Crippen LogP contribution in [0.25, 0.3) is 11.0 Å². The molecule has 0 amide bonds. The summed E-state index contributed by atoms with van der Waals surface area (Å²) in [5, 5.41) is 0. The number of imidazole rings is 1. The van der Waals surface area contributed by atoms with E-state index in [0.717, 1.165) is 0 Å². The predicted molar refractivity (Wildman–Crippen MR) is 93.3 cm³/mol. The molecule has 0 bridgehead atoms. The number of nitrogens with one attached hydrogen (secondary N) is 1. The van der Waals surface area contributed by atoms with Crippen LogP contribution < -0.4 is 10.4 Å². The van der Waals surface area contributed by atoms with Gasteiger partial charge in [0.25, 0.3) is 0 Å². The molecule has 0 aliphatic rings. The summed E-state index contributed by atoms with van der Waals surface area (Å²) >= 11 is 0. The molecular formula is C17H18FN3O3S. The Labute approximate surface area is 144 Å². The molecule has 1 unspecified atom stereocenters. The number of hydrogen-bond acceptors (Lipinski definition) is 3. The van der Waals surface area contributed by atoms with E-state index in [1.165, 1.54) is 39.5 Å². The highest BCUT2D eigenvalue weighted by Crippen LogP contribution is 2.21. The predicted octanol–water partition coefficient (Wildman–Crippen LogP) is 2.06. The zero-order valence-corrected chi connectivity index (χ0v) is 14.8. The minimum absolute atomic E-state index is 0.0458. The largest absolute Gasteiger partial charge is 0.328 e. The Balaban J connectivity index is 1.98. The lowest BCUT2D eigenvalue weighted by molar-refractivity contribution is 0.564. The second kappa shape index (κ2) is 6.12. The summed E-state index contributed by atoms with van der Waals surface area (Å²) in [5.41, 5.74) is 1.46. The van der Waals surface area contributed by atoms with E-state index in [2.05, 4.69) is 4.72 Å². The van der Waals surface area contributed by atoms with E-state index in [0.29, 0.717) is 16.6 Å². The van der Waals surface area contributed by atoms with Crippen LogP contribution in [0.15, 0.2) is 52.2 Å². The fraction of sp³-hybridized carbons (Fsp3) is 0.235. The third kappa shape index (κ3) is 3.10. The lowest BCUT2D eigenvalue weighted by atomic mass is 10.1. The standard InChI is InChI=1S/C17H18FN3O3S/c1-11(12-5-4-6-13(18)9-12)19-25(23,24)14-7-8-15-16(10-14)21(3)17(22)20(15)2/h4-11,19H,1-3H3. The van der Waals surface area contributed by atoms with Gasteiger partial charge < -0.3 is 0 Å². The Morgan fingerprint density at radius 3 is 2.40 bits per heavy atom. The number of rotatable bonds is 4. The van der Waals surface area contributed by atoms with E-state index in [4.69, 9.17) is 0 Å². The van der Waals surface area contributed by atoms with Gasteiger partial charge in [0.05, 0.1) is 15.9 Å². The van der Waals surface area contributed by atoms with Gasteiger partial charge >= 0.3 is 5.69 Å². The number of nitrogens with zero attached hydrogens (tertiary/aromatic N) is 2. The van der Waals surface area contributed by atoms with Gasteiger partial charge in [0.2, 0.25) is 10.0 Å². The Morgan fingerprint density at radius 1 is 1.04 bits per heavy atom. The van der Waals surface area contributed by atoms with Crippen molar-refractivity contribution in [2.24, 2.45) is 14.1 Å². The van der Waals surface area contributed by atoms with E-state index in [-0.39, 0.29) is 10.6 Å². The third-order valence-corrected chi connectivity index (χ3v) is 5.77. The first kappa shape index (κ1) is 17.4. The molecule has 0 spiro atoms. The van der Waals surface area contributed by atoms with Gasteiger partial charge in [-0.25, -0.2) is 22.3 Å². The van der Waals surface area contributed by atoms with Crippen molar-refractivity contribution in [1.82, 2.24) is 13.9 Å². The monoisotopic (exact) mass is 363 g/mol. The van der Waals surface area contributed by atoms with Crippen LogP contribution in [0, 0.1) is 5.82 Å². The molecule has 1 N–H and O–H groups in total. The van der Waals surface area contributed by atoms with Crippen molar-refractivity contribution in [3.05, 3.63) is 64.3 Å². The molecule has 25 heavy (non-hydrogen) atoms. The molecule has 3 rings (SSSR count). The Hall–Kier alpha value is -2.45. The van der Waals surface area contributed by atoms with Crippen molar-refractivity contribution in [2.75, 3.05) is 0 Å². The summed E-state index contributed by atoms with van der Waals surface area (Å²) in [6.07, 6.45) is 0. The lowest BCUT2D eigenvalue weighted by Gasteiger charge is -2.15. The highest BCUT2D eigenvalue weighted by molar-refractivity contribution is 7.89. The van der Waals surface area contributed by atoms with Crippen LogP contribution in [-0.4, -0.2) is 17.6 Å². The fourth-order valence-corrected chi connectivity index (χ4v) is 4.05. The van der Waals surface area contributed by atoms with Crippen molar-refractivity contribution in [3.63, 3.8) is 0 Å². The van der Waals surface area contributed by atoms with E-state index in [1.54, 1.807) is 33.2 Å². The van der Waals surface area contributed by atoms with Gasteiger partial charge in [0.15, 0.2) is 0 Å². The summed E-state index contributed by atoms with van der Waals surface area (Å²) in [5.74, 6) is -0.427. The molecule has 2 aromatic carbocycles. The quantitative estimate of drug-likeness (QED) is 0.771. The normalized spacial score (nSPS) is 13.3. The highest BCUT2D eigenvalue weighted by atomic mass is 32.2. The van der Waals surface area contributed by atoms with Crippen molar-refractivity contribution >= 4 is 21.1 Å². The van der Waals surface area contributed by atoms with Gasteiger partial charge in [-0.1, -0.05) is 12.1 Å². The van der Waals surface area contributed by atoms with Gasteiger partial charge in [-0.05, 0) is 42.8 Å². The molecule has 0 fully saturated rings. The molecule has 0 aliphatic heterocycles. The van der Waals surface area contributed by atoms with Crippen LogP contribution in [0.4, 0.5) is 4.39 Å². The maximum absolute atomic E-state index is 13.3. The summed E-state index contributed by atoms with van der Waals surface area (Å²) < 4.78 is 44.0. The van der Waals surface area contributed by atoms with Crippen LogP contribution in [-0.2, 0) is 24.1 Å². The summed E-state index contributed by atoms with van der Waals surface area (Å²) in [6, 6.07) is 9.67. The number of halogens is 1. The van der Waals surface area contributed by atoms with E-state index in [1.807, 2.05) is 0 Å². The number of benzene rings is 2. The number of fused-ring (bicyclic) bond motifs is 1. The Bertz CT molecular complexity index is 1120. The SMILES string of the molecule is CC(NS(=O)(=O)c1ccc2c(c1)n(C)c(=O)n2C)c1cccc(F)c1. The number of sulfonamides is 1. The third-order valence-electron chi connectivity index (χ3n) is 4.23. The number of aryl methyl sites for hydroxylation is 2. The maximum atomic E-state index is 13.3. The molecule has 3 aromatic rings. The molecule has 1 atom stereocenters. The van der Waals surface area contributed by atoms with Crippen molar-refractivity contribution in [3.8, 4) is 0 Å². The van der Waals surface area contributed by atoms with Gasteiger partial charge in [0.1, 0.15) is 5.82 Å². The maximum Gasteiger partial charge on any atom is 0.328 e. The van der Waals surface area contributed by atoms with Crippen molar-refractivity contribution in [1.29, 1.82) is 0 Å². The van der Waals surface area contributed by atoms with Gasteiger partial charge in [-0.15, -0.1) is 0 Å². The number of aromatic nitrogens is 2. The fourth-order valence-electron chi connectivity index (χ4n) is 2.80. The van der Waals surface area contributed by atoms with Crippen LogP contribution in [0.2, 0.25) is 0 Å². The molecule has 6 nitrogen and oxygen atoms in total. The van der Waals surface area contributed by atoms with Crippen LogP contribution in [0.1, 0.15) is 18.5 Å². The molecule has 0 saturated carbocycles. The van der Waals surface area contributed by atoms with Crippen molar-refractivity contribution < 1.29 is 12.8 Å². The molecule has 0 radical (unpaired) electrons. The second-order valence-corrected chi connectivity index (χ2v) is 7.66. The average Bonchev–Trinajstić information content (AvgIpc) is 2.79. The van der Waals surface area contributed by atoms with Crippen LogP contribution in [0.5, 0.6) is 0 Å². The molecular weight excluding hydrogens is 345 g/mol. The first-order chi connectivity index (χ1) is 11.7. The second-order valence-electron chi connectivity index (χ2n) is 5.95. The molecule has 1 aromatic heterocycles. The smallest absolute Gasteiger partial charge is 0.295 e. The Morgan fingerprint density at radius 2 is 1.72 bits per heavy atom. The lowest BCUT2D eigenvalue weighted by Crippen LogP contribution is -2.27. The number of hydrogen-bond donors (Lipinski definition) is 1. The van der Waals surface area contributed by atoms with E-state index >= 15 is 0 Å². The summed E-state index contributed by atoms with van der Waals surface area (Å²) in [4.78, 5) is 12.0. The molecule has 0 aliphatic carbocycles. The molecule has 8 heteroatoms. The topological polar surface area (TPSA) is 73.1 Å². The molecule has 0 saturated heterocycles. The minimum Gasteiger partial charge on any atom is -0.295 e. The molecule has 132 valence electrons. The van der Waals surface area contributed by atoms with Crippen LogP contribution >= 0.6 is 0 Å². The van der Waals surface area contributed by atoms with Gasteiger partial charge in [-0.3, -0.25) is 9.13 Å². The van der Waals surface area contributed by atoms with Crippen LogP contribution in [0.3, 0.4) is 0 Å². The van der Waals surface area contributed by atoms with Crippen molar-refractivity contribution in [2.45, 2.75) is 17.9 Å². The zero-order chi connectivity index (χ0) is 18.4. The first-order valence-corrected chi connectivity index (χ1v) is 9.12. The molecule has 1 heterocycles. The first-order valence-electron chi connectivity index (χ1n) is 7.64. The summed E-state index contributed by atoms with van der Waals surface area (Å²) in [6.45, 7) is 1.64. The van der Waals surface area contributed by atoms with Gasteiger partial charge in [0, 0.05) is 20.1 Å². The summed E-state index contributed by atoms with van der Waals surface area (Å²) in [7, 11) is -0.614. The van der Waals surface area contributed by atoms with Gasteiger partial charge in [-0.2, -0.15) is 0 Å².